The predicted molar refractivity (Wildman–Crippen MR) is 57.7 cm³/mol. The lowest BCUT2D eigenvalue weighted by atomic mass is 9.80. The van der Waals surface area contributed by atoms with Crippen LogP contribution in [-0.2, 0) is 0 Å². The SMILES string of the molecule is Clc1nc2ccc(C3CCC3)cc2[nH]1. The van der Waals surface area contributed by atoms with E-state index in [-0.39, 0.29) is 0 Å². The fourth-order valence-corrected chi connectivity index (χ4v) is 2.18. The summed E-state index contributed by atoms with van der Waals surface area (Å²) in [7, 11) is 0. The highest BCUT2D eigenvalue weighted by Gasteiger charge is 2.19. The van der Waals surface area contributed by atoms with Gasteiger partial charge in [-0.05, 0) is 48.1 Å². The molecule has 0 bridgehead atoms. The van der Waals surface area contributed by atoms with Crippen LogP contribution in [0.15, 0.2) is 18.2 Å². The molecule has 0 saturated heterocycles. The van der Waals surface area contributed by atoms with Gasteiger partial charge in [0.1, 0.15) is 0 Å². The van der Waals surface area contributed by atoms with Crippen molar-refractivity contribution in [2.24, 2.45) is 0 Å². The number of fused-ring (bicyclic) bond motifs is 1. The minimum atomic E-state index is 0.478. The highest BCUT2D eigenvalue weighted by molar-refractivity contribution is 6.29. The lowest BCUT2D eigenvalue weighted by Gasteiger charge is -2.25. The zero-order chi connectivity index (χ0) is 9.54. The normalized spacial score (nSPS) is 17.2. The molecular formula is C11H11ClN2. The van der Waals surface area contributed by atoms with E-state index in [1.54, 1.807) is 0 Å². The van der Waals surface area contributed by atoms with Crippen LogP contribution in [0.25, 0.3) is 11.0 Å². The molecule has 1 aromatic carbocycles. The van der Waals surface area contributed by atoms with Gasteiger partial charge >= 0.3 is 0 Å². The van der Waals surface area contributed by atoms with Gasteiger partial charge in [-0.25, -0.2) is 4.98 Å². The monoisotopic (exact) mass is 206 g/mol. The molecule has 3 heteroatoms. The van der Waals surface area contributed by atoms with E-state index in [2.05, 4.69) is 22.1 Å². The van der Waals surface area contributed by atoms with Gasteiger partial charge in [0.05, 0.1) is 11.0 Å². The van der Waals surface area contributed by atoms with Gasteiger partial charge in [-0.15, -0.1) is 0 Å². The maximum absolute atomic E-state index is 5.80. The van der Waals surface area contributed by atoms with Crippen molar-refractivity contribution in [2.75, 3.05) is 0 Å². The van der Waals surface area contributed by atoms with Crippen LogP contribution >= 0.6 is 11.6 Å². The highest BCUT2D eigenvalue weighted by atomic mass is 35.5. The van der Waals surface area contributed by atoms with Crippen molar-refractivity contribution in [2.45, 2.75) is 25.2 Å². The van der Waals surface area contributed by atoms with Gasteiger partial charge in [0.15, 0.2) is 0 Å². The Morgan fingerprint density at radius 1 is 1.36 bits per heavy atom. The predicted octanol–water partition coefficient (Wildman–Crippen LogP) is 3.48. The Hall–Kier alpha value is -1.02. The lowest BCUT2D eigenvalue weighted by molar-refractivity contribution is 0.420. The number of hydrogen-bond acceptors (Lipinski definition) is 1. The third kappa shape index (κ3) is 1.22. The van der Waals surface area contributed by atoms with Crippen molar-refractivity contribution in [1.82, 2.24) is 9.97 Å². The van der Waals surface area contributed by atoms with E-state index >= 15 is 0 Å². The van der Waals surface area contributed by atoms with E-state index < -0.39 is 0 Å². The second-order valence-corrected chi connectivity index (χ2v) is 4.29. The number of H-pyrrole nitrogens is 1. The van der Waals surface area contributed by atoms with Crippen LogP contribution in [0.3, 0.4) is 0 Å². The third-order valence-electron chi connectivity index (χ3n) is 3.05. The van der Waals surface area contributed by atoms with Crippen molar-refractivity contribution in [3.05, 3.63) is 29.0 Å². The molecule has 0 radical (unpaired) electrons. The highest BCUT2D eigenvalue weighted by Crippen LogP contribution is 2.37. The van der Waals surface area contributed by atoms with E-state index in [1.807, 2.05) is 6.07 Å². The summed E-state index contributed by atoms with van der Waals surface area (Å²) in [6.07, 6.45) is 4.02. The average Bonchev–Trinajstić information content (AvgIpc) is 2.40. The molecule has 2 nitrogen and oxygen atoms in total. The fraction of sp³-hybridized carbons (Fsp3) is 0.364. The van der Waals surface area contributed by atoms with Gasteiger partial charge in [-0.2, -0.15) is 0 Å². The molecule has 3 rings (SSSR count). The van der Waals surface area contributed by atoms with Crippen LogP contribution in [0, 0.1) is 0 Å². The number of nitrogens with zero attached hydrogens (tertiary/aromatic N) is 1. The smallest absolute Gasteiger partial charge is 0.201 e. The van der Waals surface area contributed by atoms with E-state index in [4.69, 9.17) is 11.6 Å². The molecule has 1 heterocycles. The Kier molecular flexibility index (Phi) is 1.77. The molecule has 1 saturated carbocycles. The Morgan fingerprint density at radius 2 is 2.21 bits per heavy atom. The first-order chi connectivity index (χ1) is 6.83. The number of rotatable bonds is 1. The first-order valence-electron chi connectivity index (χ1n) is 4.98. The molecule has 0 amide bonds. The Labute approximate surface area is 87.3 Å². The standard InChI is InChI=1S/C11H11ClN2/c12-11-13-9-5-4-8(6-10(9)14-11)7-2-1-3-7/h4-7H,1-3H2,(H,13,14). The van der Waals surface area contributed by atoms with Crippen molar-refractivity contribution < 1.29 is 0 Å². The molecule has 14 heavy (non-hydrogen) atoms. The molecule has 0 unspecified atom stereocenters. The summed E-state index contributed by atoms with van der Waals surface area (Å²) in [4.78, 5) is 7.22. The van der Waals surface area contributed by atoms with Gasteiger partial charge in [-0.3, -0.25) is 0 Å². The van der Waals surface area contributed by atoms with Crippen LogP contribution in [0.1, 0.15) is 30.7 Å². The Morgan fingerprint density at radius 3 is 2.93 bits per heavy atom. The van der Waals surface area contributed by atoms with Crippen LogP contribution in [-0.4, -0.2) is 9.97 Å². The summed E-state index contributed by atoms with van der Waals surface area (Å²) in [6, 6.07) is 6.40. The maximum Gasteiger partial charge on any atom is 0.201 e. The lowest BCUT2D eigenvalue weighted by Crippen LogP contribution is -2.08. The summed E-state index contributed by atoms with van der Waals surface area (Å²) in [5.41, 5.74) is 3.43. The molecule has 1 fully saturated rings. The molecule has 72 valence electrons. The molecule has 1 aliphatic carbocycles. The number of benzene rings is 1. The molecule has 0 aliphatic heterocycles. The number of imidazole rings is 1. The van der Waals surface area contributed by atoms with Crippen LogP contribution < -0.4 is 0 Å². The number of hydrogen-bond donors (Lipinski definition) is 1. The minimum Gasteiger partial charge on any atom is -0.329 e. The quantitative estimate of drug-likeness (QED) is 0.761. The first kappa shape index (κ1) is 8.30. The molecule has 0 atom stereocenters. The third-order valence-corrected chi connectivity index (χ3v) is 3.23. The van der Waals surface area contributed by atoms with Crippen molar-refractivity contribution in [3.8, 4) is 0 Å². The molecule has 1 aromatic heterocycles. The number of nitrogens with one attached hydrogen (secondary N) is 1. The fourth-order valence-electron chi connectivity index (χ4n) is 1.99. The maximum atomic E-state index is 5.80. The van der Waals surface area contributed by atoms with Crippen molar-refractivity contribution >= 4 is 22.6 Å². The summed E-state index contributed by atoms with van der Waals surface area (Å²) < 4.78 is 0. The van der Waals surface area contributed by atoms with E-state index in [1.165, 1.54) is 24.8 Å². The largest absolute Gasteiger partial charge is 0.329 e. The average molecular weight is 207 g/mol. The summed E-state index contributed by atoms with van der Waals surface area (Å²) in [5, 5.41) is 0.478. The van der Waals surface area contributed by atoms with Gasteiger partial charge in [-0.1, -0.05) is 12.5 Å². The molecule has 2 aromatic rings. The molecule has 1 aliphatic rings. The van der Waals surface area contributed by atoms with Gasteiger partial charge in [0.25, 0.3) is 0 Å². The summed E-state index contributed by atoms with van der Waals surface area (Å²) in [6.45, 7) is 0. The number of aromatic nitrogens is 2. The topological polar surface area (TPSA) is 28.7 Å². The molecule has 1 N–H and O–H groups in total. The summed E-state index contributed by atoms with van der Waals surface area (Å²) >= 11 is 5.80. The van der Waals surface area contributed by atoms with E-state index in [9.17, 15) is 0 Å². The van der Waals surface area contributed by atoms with Crippen LogP contribution in [0.2, 0.25) is 5.28 Å². The van der Waals surface area contributed by atoms with E-state index in [0.717, 1.165) is 17.0 Å². The van der Waals surface area contributed by atoms with Gasteiger partial charge in [0, 0.05) is 0 Å². The molecule has 0 spiro atoms. The zero-order valence-electron chi connectivity index (χ0n) is 7.76. The van der Waals surface area contributed by atoms with Gasteiger partial charge in [0.2, 0.25) is 5.28 Å². The second kappa shape index (κ2) is 2.99. The van der Waals surface area contributed by atoms with Crippen LogP contribution in [0.4, 0.5) is 0 Å². The van der Waals surface area contributed by atoms with Crippen LogP contribution in [0.5, 0.6) is 0 Å². The number of aromatic amines is 1. The number of halogens is 1. The van der Waals surface area contributed by atoms with Crippen molar-refractivity contribution in [3.63, 3.8) is 0 Å². The Bertz CT molecular complexity index is 471. The van der Waals surface area contributed by atoms with E-state index in [0.29, 0.717) is 5.28 Å². The van der Waals surface area contributed by atoms with Gasteiger partial charge < -0.3 is 4.98 Å². The van der Waals surface area contributed by atoms with Crippen molar-refractivity contribution in [1.29, 1.82) is 0 Å². The first-order valence-corrected chi connectivity index (χ1v) is 5.36. The summed E-state index contributed by atoms with van der Waals surface area (Å²) in [5.74, 6) is 0.765. The minimum absolute atomic E-state index is 0.478. The Balaban J connectivity index is 2.09. The second-order valence-electron chi connectivity index (χ2n) is 3.93. The zero-order valence-corrected chi connectivity index (χ0v) is 8.51. The molecular weight excluding hydrogens is 196 g/mol.